The molecule has 0 aromatic heterocycles. The van der Waals surface area contributed by atoms with Crippen molar-refractivity contribution in [2.45, 2.75) is 102 Å². The molecule has 4 nitrogen and oxygen atoms in total. The minimum absolute atomic E-state index is 0. The summed E-state index contributed by atoms with van der Waals surface area (Å²) in [4.78, 5) is 21.3. The van der Waals surface area contributed by atoms with E-state index in [2.05, 4.69) is 40.9 Å². The number of hydrogen-bond donors (Lipinski definition) is 2. The molecule has 0 rings (SSSR count). The van der Waals surface area contributed by atoms with Gasteiger partial charge in [-0.15, -0.1) is 23.5 Å². The smallest absolute Gasteiger partial charge is 0.480 e. The Bertz CT molecular complexity index is 383. The van der Waals surface area contributed by atoms with Gasteiger partial charge in [0.25, 0.3) is 0 Å². The Morgan fingerprint density at radius 2 is 1.00 bits per heavy atom. The Hall–Kier alpha value is -0.517. The van der Waals surface area contributed by atoms with E-state index >= 15 is 0 Å². The van der Waals surface area contributed by atoms with Crippen molar-refractivity contribution in [1.29, 1.82) is 0 Å². The average Bonchev–Trinajstić information content (AvgIpc) is 2.74. The van der Waals surface area contributed by atoms with Gasteiger partial charge in [0, 0.05) is 0 Å². The molecule has 0 amide bonds. The molecule has 192 valence electrons. The number of hydrogen-bond acceptors (Lipinski definition) is 4. The van der Waals surface area contributed by atoms with Crippen LogP contribution in [0.25, 0.3) is 0 Å². The zero-order valence-electron chi connectivity index (χ0n) is 21.9. The summed E-state index contributed by atoms with van der Waals surface area (Å²) in [7, 11) is 0. The van der Waals surface area contributed by atoms with Gasteiger partial charge in [-0.2, -0.15) is 0 Å². The van der Waals surface area contributed by atoms with Crippen LogP contribution in [0.2, 0.25) is 0 Å². The molecule has 0 aliphatic carbocycles. The van der Waals surface area contributed by atoms with Crippen LogP contribution in [0.3, 0.4) is 0 Å². The quantitative estimate of drug-likeness (QED) is 0.113. The van der Waals surface area contributed by atoms with Gasteiger partial charge >= 0.3 is 31.4 Å². The van der Waals surface area contributed by atoms with Crippen molar-refractivity contribution >= 4 is 35.5 Å². The van der Waals surface area contributed by atoms with Gasteiger partial charge in [-0.1, -0.05) is 66.2 Å². The van der Waals surface area contributed by atoms with Crippen molar-refractivity contribution in [2.24, 2.45) is 0 Å². The van der Waals surface area contributed by atoms with Gasteiger partial charge in [-0.3, -0.25) is 9.59 Å². The zero-order valence-corrected chi connectivity index (χ0v) is 26.5. The van der Waals surface area contributed by atoms with Crippen molar-refractivity contribution in [3.8, 4) is 0 Å². The van der Waals surface area contributed by atoms with Gasteiger partial charge in [0.15, 0.2) is 0 Å². The fraction of sp³-hybridized carbons (Fsp3) is 0.692. The standard InChI is InChI=1S/2C10H20O2S.2C3H5.Zn/c2*1-3-5-6-7-8-13-9(4-2)10(11)12;2*1-3-2;/h2*9H,3-8H2,1-2H3,(H,11,12);2*3H,1-2H2;/q;;2*-1;+2. The van der Waals surface area contributed by atoms with Crippen molar-refractivity contribution in [2.75, 3.05) is 11.5 Å². The topological polar surface area (TPSA) is 74.6 Å². The minimum Gasteiger partial charge on any atom is -0.480 e. The molecule has 0 aromatic carbocycles. The fourth-order valence-electron chi connectivity index (χ4n) is 2.24. The molecule has 33 heavy (non-hydrogen) atoms. The Labute approximate surface area is 227 Å². The molecule has 0 aliphatic rings. The zero-order chi connectivity index (χ0) is 25.6. The molecule has 0 spiro atoms. The largest absolute Gasteiger partial charge is 2.00 e. The van der Waals surface area contributed by atoms with Crippen LogP contribution in [-0.2, 0) is 29.1 Å². The number of carboxylic acids is 2. The Morgan fingerprint density at radius 3 is 1.18 bits per heavy atom. The van der Waals surface area contributed by atoms with Gasteiger partial charge in [0.2, 0.25) is 0 Å². The normalized spacial score (nSPS) is 10.8. The summed E-state index contributed by atoms with van der Waals surface area (Å²) in [5.41, 5.74) is 0. The second-order valence-electron chi connectivity index (χ2n) is 6.91. The van der Waals surface area contributed by atoms with Gasteiger partial charge in [-0.05, 0) is 37.2 Å². The third-order valence-electron chi connectivity index (χ3n) is 3.93. The summed E-state index contributed by atoms with van der Waals surface area (Å²) < 4.78 is 0. The molecule has 0 heterocycles. The molecule has 2 unspecified atom stereocenters. The van der Waals surface area contributed by atoms with E-state index in [9.17, 15) is 9.59 Å². The molecule has 0 fully saturated rings. The monoisotopic (exact) mass is 554 g/mol. The maximum absolute atomic E-state index is 10.6. The predicted octanol–water partition coefficient (Wildman–Crippen LogP) is 8.34. The maximum atomic E-state index is 10.6. The van der Waals surface area contributed by atoms with E-state index in [1.54, 1.807) is 23.5 Å². The Balaban J connectivity index is -0.000000124. The first kappa shape index (κ1) is 42.6. The third kappa shape index (κ3) is 42.1. The van der Waals surface area contributed by atoms with Crippen LogP contribution >= 0.6 is 23.5 Å². The molecule has 0 bridgehead atoms. The van der Waals surface area contributed by atoms with Crippen LogP contribution in [0.15, 0.2) is 25.3 Å². The molecule has 7 heteroatoms. The fourth-order valence-corrected chi connectivity index (χ4v) is 4.30. The van der Waals surface area contributed by atoms with Crippen LogP contribution in [0.4, 0.5) is 0 Å². The number of carboxylic acid groups (broad SMARTS) is 2. The molecule has 0 aliphatic heterocycles. The van der Waals surface area contributed by atoms with Gasteiger partial charge in [0.05, 0.1) is 0 Å². The van der Waals surface area contributed by atoms with Crippen molar-refractivity contribution in [3.63, 3.8) is 0 Å². The van der Waals surface area contributed by atoms with E-state index in [1.165, 1.54) is 50.7 Å². The van der Waals surface area contributed by atoms with Gasteiger partial charge in [0.1, 0.15) is 10.5 Å². The SMILES string of the molecule is C=C[CH2-].C=C[CH2-].CCCCCCSC(CC)C(=O)O.CCCCCCSC(CC)C(=O)O.[Zn+2]. The van der Waals surface area contributed by atoms with Gasteiger partial charge in [-0.25, -0.2) is 39.2 Å². The molecule has 0 aromatic rings. The summed E-state index contributed by atoms with van der Waals surface area (Å²) in [5, 5.41) is 17.1. The Morgan fingerprint density at radius 1 is 0.727 bits per heavy atom. The third-order valence-corrected chi connectivity index (χ3v) is 6.85. The molecule has 2 N–H and O–H groups in total. The summed E-state index contributed by atoms with van der Waals surface area (Å²) in [6, 6.07) is 0. The first-order valence-corrected chi connectivity index (χ1v) is 13.9. The maximum Gasteiger partial charge on any atom is 2.00 e. The van der Waals surface area contributed by atoms with E-state index < -0.39 is 11.9 Å². The molecular weight excluding hydrogens is 506 g/mol. The molecule has 0 saturated carbocycles. The van der Waals surface area contributed by atoms with E-state index in [-0.39, 0.29) is 30.0 Å². The van der Waals surface area contributed by atoms with E-state index in [0.717, 1.165) is 37.2 Å². The number of thioether (sulfide) groups is 2. The summed E-state index contributed by atoms with van der Waals surface area (Å²) in [5.74, 6) is 0.654. The number of unbranched alkanes of at least 4 members (excludes halogenated alkanes) is 6. The van der Waals surface area contributed by atoms with E-state index in [1.807, 2.05) is 13.8 Å². The molecular formula is C26H50O4S2Zn. The van der Waals surface area contributed by atoms with Crippen LogP contribution < -0.4 is 0 Å². The number of allylic oxidation sites excluding steroid dienone is 2. The second kappa shape index (κ2) is 38.7. The molecule has 0 saturated heterocycles. The van der Waals surface area contributed by atoms with Crippen molar-refractivity contribution < 1.29 is 39.3 Å². The summed E-state index contributed by atoms with van der Waals surface area (Å²) in [6.07, 6.45) is 14.3. The number of rotatable bonds is 16. The van der Waals surface area contributed by atoms with Crippen molar-refractivity contribution in [1.82, 2.24) is 0 Å². The first-order valence-electron chi connectivity index (χ1n) is 11.8. The van der Waals surface area contributed by atoms with Crippen LogP contribution in [0.1, 0.15) is 91.9 Å². The van der Waals surface area contributed by atoms with Crippen LogP contribution in [-0.4, -0.2) is 44.2 Å². The minimum atomic E-state index is -0.664. The Kier molecular flexibility index (Phi) is 50.0. The second-order valence-corrected chi connectivity index (χ2v) is 9.53. The van der Waals surface area contributed by atoms with Crippen LogP contribution in [0.5, 0.6) is 0 Å². The van der Waals surface area contributed by atoms with E-state index in [4.69, 9.17) is 10.2 Å². The van der Waals surface area contributed by atoms with Crippen LogP contribution in [0, 0.1) is 13.8 Å². The van der Waals surface area contributed by atoms with Crippen molar-refractivity contribution in [3.05, 3.63) is 39.2 Å². The number of aliphatic carboxylic acids is 2. The summed E-state index contributed by atoms with van der Waals surface area (Å²) >= 11 is 3.16. The molecule has 0 radical (unpaired) electrons. The summed E-state index contributed by atoms with van der Waals surface area (Å²) in [6.45, 7) is 21.2. The predicted molar refractivity (Wildman–Crippen MR) is 148 cm³/mol. The number of carbonyl (C=O) groups is 2. The van der Waals surface area contributed by atoms with E-state index in [0.29, 0.717) is 0 Å². The molecule has 2 atom stereocenters. The average molecular weight is 556 g/mol. The first-order chi connectivity index (χ1) is 15.3. The van der Waals surface area contributed by atoms with Gasteiger partial charge < -0.3 is 10.2 Å².